The first-order valence-electron chi connectivity index (χ1n) is 8.27. The molecule has 0 fully saturated rings. The fraction of sp³-hybridized carbons (Fsp3) is 0.211. The third kappa shape index (κ3) is 3.90. The lowest BCUT2D eigenvalue weighted by atomic mass is 10.2. The smallest absolute Gasteiger partial charge is 0.276 e. The van der Waals surface area contributed by atoms with Gasteiger partial charge in [0.05, 0.1) is 35.6 Å². The number of amides is 1. The number of aromatic nitrogens is 3. The highest BCUT2D eigenvalue weighted by Gasteiger charge is 2.18. The molecule has 9 heteroatoms. The van der Waals surface area contributed by atoms with E-state index in [1.165, 1.54) is 20.3 Å². The summed E-state index contributed by atoms with van der Waals surface area (Å²) < 4.78 is 12.1. The van der Waals surface area contributed by atoms with Crippen LogP contribution in [0.15, 0.2) is 30.3 Å². The van der Waals surface area contributed by atoms with Gasteiger partial charge >= 0.3 is 0 Å². The molecule has 0 aliphatic heterocycles. The average molecular weight is 421 g/mol. The number of carbonyl (C=O) groups excluding carboxylic acids is 1. The van der Waals surface area contributed by atoms with Crippen molar-refractivity contribution < 1.29 is 14.3 Å². The summed E-state index contributed by atoms with van der Waals surface area (Å²) in [6, 6.07) is 8.34. The van der Waals surface area contributed by atoms with Crippen molar-refractivity contribution in [1.82, 2.24) is 14.8 Å². The Labute approximate surface area is 172 Å². The van der Waals surface area contributed by atoms with Crippen molar-refractivity contribution >= 4 is 34.8 Å². The molecule has 7 nitrogen and oxygen atoms in total. The first-order chi connectivity index (χ1) is 13.3. The topological polar surface area (TPSA) is 78.3 Å². The van der Waals surface area contributed by atoms with Crippen molar-refractivity contribution in [2.45, 2.75) is 13.8 Å². The molecule has 1 aromatic carbocycles. The molecule has 0 aliphatic carbocycles. The van der Waals surface area contributed by atoms with Crippen molar-refractivity contribution in [2.75, 3.05) is 19.5 Å². The van der Waals surface area contributed by atoms with Crippen LogP contribution in [-0.2, 0) is 0 Å². The van der Waals surface area contributed by atoms with Crippen molar-refractivity contribution in [3.8, 4) is 17.3 Å². The number of nitrogens with one attached hydrogen (secondary N) is 1. The van der Waals surface area contributed by atoms with E-state index in [4.69, 9.17) is 32.7 Å². The number of nitrogens with zero attached hydrogens (tertiary/aromatic N) is 3. The van der Waals surface area contributed by atoms with Crippen LogP contribution in [0.1, 0.15) is 21.9 Å². The van der Waals surface area contributed by atoms with Gasteiger partial charge in [-0.15, -0.1) is 0 Å². The van der Waals surface area contributed by atoms with E-state index in [-0.39, 0.29) is 10.7 Å². The molecular weight excluding hydrogens is 403 g/mol. The lowest BCUT2D eigenvalue weighted by Crippen LogP contribution is -2.16. The van der Waals surface area contributed by atoms with Gasteiger partial charge in [0.15, 0.2) is 5.82 Å². The Morgan fingerprint density at radius 3 is 2.36 bits per heavy atom. The van der Waals surface area contributed by atoms with Crippen LogP contribution in [0.5, 0.6) is 11.5 Å². The Balaban J connectivity index is 1.96. The highest BCUT2D eigenvalue weighted by molar-refractivity contribution is 6.34. The second kappa shape index (κ2) is 8.08. The number of hydrogen-bond donors (Lipinski definition) is 1. The van der Waals surface area contributed by atoms with Crippen LogP contribution >= 0.6 is 23.2 Å². The van der Waals surface area contributed by atoms with Crippen LogP contribution < -0.4 is 14.8 Å². The third-order valence-electron chi connectivity index (χ3n) is 4.00. The van der Waals surface area contributed by atoms with E-state index in [1.807, 2.05) is 19.9 Å². The summed E-state index contributed by atoms with van der Waals surface area (Å²) in [4.78, 5) is 17.2. The van der Waals surface area contributed by atoms with Gasteiger partial charge in [0, 0.05) is 11.8 Å². The lowest BCUT2D eigenvalue weighted by molar-refractivity contribution is 0.102. The number of anilines is 1. The molecule has 0 atom stereocenters. The molecular formula is C19H18Cl2N4O3. The van der Waals surface area contributed by atoms with Crippen molar-refractivity contribution in [2.24, 2.45) is 0 Å². The molecule has 0 saturated heterocycles. The maximum absolute atomic E-state index is 12.8. The second-order valence-corrected chi connectivity index (χ2v) is 6.79. The molecule has 3 rings (SSSR count). The van der Waals surface area contributed by atoms with Crippen molar-refractivity contribution in [3.05, 3.63) is 57.5 Å². The molecule has 0 unspecified atom stereocenters. The van der Waals surface area contributed by atoms with E-state index >= 15 is 0 Å². The first-order valence-corrected chi connectivity index (χ1v) is 9.02. The zero-order valence-electron chi connectivity index (χ0n) is 15.7. The molecule has 3 aromatic rings. The minimum Gasteiger partial charge on any atom is -0.495 e. The summed E-state index contributed by atoms with van der Waals surface area (Å²) in [5, 5.41) is 7.65. The number of aryl methyl sites for hydroxylation is 2. The van der Waals surface area contributed by atoms with Crippen LogP contribution in [0.2, 0.25) is 10.0 Å². The number of hydrogen-bond acceptors (Lipinski definition) is 5. The molecule has 2 heterocycles. The molecule has 0 spiro atoms. The summed E-state index contributed by atoms with van der Waals surface area (Å²) in [6.45, 7) is 3.78. The highest BCUT2D eigenvalue weighted by atomic mass is 35.5. The van der Waals surface area contributed by atoms with Crippen LogP contribution in [-0.4, -0.2) is 34.9 Å². The van der Waals surface area contributed by atoms with E-state index in [0.717, 1.165) is 11.4 Å². The first kappa shape index (κ1) is 20.0. The quantitative estimate of drug-likeness (QED) is 0.658. The normalized spacial score (nSPS) is 10.6. The van der Waals surface area contributed by atoms with E-state index in [2.05, 4.69) is 15.4 Å². The number of halogens is 2. The van der Waals surface area contributed by atoms with Gasteiger partial charge in [-0.1, -0.05) is 23.2 Å². The van der Waals surface area contributed by atoms with Crippen molar-refractivity contribution in [3.63, 3.8) is 0 Å². The molecule has 146 valence electrons. The monoisotopic (exact) mass is 420 g/mol. The van der Waals surface area contributed by atoms with Gasteiger partial charge in [-0.05, 0) is 38.1 Å². The Hall–Kier alpha value is -2.77. The minimum absolute atomic E-state index is 0.0562. The number of pyridine rings is 1. The lowest BCUT2D eigenvalue weighted by Gasteiger charge is -2.14. The summed E-state index contributed by atoms with van der Waals surface area (Å²) in [5.74, 6) is 0.799. The zero-order valence-corrected chi connectivity index (χ0v) is 17.2. The largest absolute Gasteiger partial charge is 0.495 e. The molecule has 0 saturated carbocycles. The molecule has 0 bridgehead atoms. The Kier molecular flexibility index (Phi) is 5.76. The van der Waals surface area contributed by atoms with E-state index < -0.39 is 5.91 Å². The Morgan fingerprint density at radius 2 is 1.75 bits per heavy atom. The van der Waals surface area contributed by atoms with E-state index in [0.29, 0.717) is 28.0 Å². The molecule has 1 N–H and O–H groups in total. The predicted octanol–water partition coefficient (Wildman–Crippen LogP) is 4.46. The fourth-order valence-electron chi connectivity index (χ4n) is 2.71. The summed E-state index contributed by atoms with van der Waals surface area (Å²) >= 11 is 12.4. The third-order valence-corrected chi connectivity index (χ3v) is 4.60. The van der Waals surface area contributed by atoms with Gasteiger partial charge in [-0.3, -0.25) is 4.79 Å². The number of carbonyl (C=O) groups is 1. The molecule has 28 heavy (non-hydrogen) atoms. The van der Waals surface area contributed by atoms with Crippen LogP contribution in [0.3, 0.4) is 0 Å². The van der Waals surface area contributed by atoms with Gasteiger partial charge < -0.3 is 14.8 Å². The highest BCUT2D eigenvalue weighted by Crippen LogP contribution is 2.36. The summed E-state index contributed by atoms with van der Waals surface area (Å²) in [7, 11) is 2.97. The predicted molar refractivity (Wildman–Crippen MR) is 108 cm³/mol. The maximum Gasteiger partial charge on any atom is 0.276 e. The van der Waals surface area contributed by atoms with Crippen molar-refractivity contribution in [1.29, 1.82) is 0 Å². The standard InChI is InChI=1S/C19H18Cl2N4O3/c1-10-7-11(2)25(24-10)17-6-5-12(20)18(23-17)19(26)22-14-8-13(21)15(27-3)9-16(14)28-4/h5-9H,1-4H3,(H,22,26). The SMILES string of the molecule is COc1cc(OC)c(NC(=O)c2nc(-n3nc(C)cc3C)ccc2Cl)cc1Cl. The van der Waals surface area contributed by atoms with Crippen LogP contribution in [0.25, 0.3) is 5.82 Å². The molecule has 0 aliphatic rings. The number of rotatable bonds is 5. The Bertz CT molecular complexity index is 1050. The Morgan fingerprint density at radius 1 is 1.04 bits per heavy atom. The van der Waals surface area contributed by atoms with Gasteiger partial charge in [-0.25, -0.2) is 9.67 Å². The minimum atomic E-state index is -0.507. The van der Waals surface area contributed by atoms with Gasteiger partial charge in [-0.2, -0.15) is 5.10 Å². The van der Waals surface area contributed by atoms with E-state index in [9.17, 15) is 4.79 Å². The van der Waals surface area contributed by atoms with Crippen LogP contribution in [0, 0.1) is 13.8 Å². The van der Waals surface area contributed by atoms with Gasteiger partial charge in [0.2, 0.25) is 0 Å². The molecule has 2 aromatic heterocycles. The molecule has 0 radical (unpaired) electrons. The zero-order chi connectivity index (χ0) is 20.4. The fourth-order valence-corrected chi connectivity index (χ4v) is 3.14. The van der Waals surface area contributed by atoms with Gasteiger partial charge in [0.1, 0.15) is 17.2 Å². The number of benzene rings is 1. The molecule has 1 amide bonds. The van der Waals surface area contributed by atoms with Crippen LogP contribution in [0.4, 0.5) is 5.69 Å². The van der Waals surface area contributed by atoms with Gasteiger partial charge in [0.25, 0.3) is 5.91 Å². The number of methoxy groups -OCH3 is 2. The maximum atomic E-state index is 12.8. The second-order valence-electron chi connectivity index (χ2n) is 5.98. The van der Waals surface area contributed by atoms with E-state index in [1.54, 1.807) is 22.9 Å². The number of ether oxygens (including phenoxy) is 2. The average Bonchev–Trinajstić information content (AvgIpc) is 3.00. The summed E-state index contributed by atoms with van der Waals surface area (Å²) in [6.07, 6.45) is 0. The summed E-state index contributed by atoms with van der Waals surface area (Å²) in [5.41, 5.74) is 2.16.